The first kappa shape index (κ1) is 19.2. The van der Waals surface area contributed by atoms with E-state index in [9.17, 15) is 14.4 Å². The summed E-state index contributed by atoms with van der Waals surface area (Å²) in [5.74, 6) is -1.74. The highest BCUT2D eigenvalue weighted by molar-refractivity contribution is 7.14. The highest BCUT2D eigenvalue weighted by Crippen LogP contribution is 2.22. The second-order valence-electron chi connectivity index (χ2n) is 5.84. The molecule has 128 valence electrons. The quantitative estimate of drug-likeness (QED) is 0.674. The number of carbonyl (C=O) groups is 3. The van der Waals surface area contributed by atoms with Crippen molar-refractivity contribution in [1.82, 2.24) is 10.6 Å². The molecule has 0 aromatic carbocycles. The fourth-order valence-electron chi connectivity index (χ4n) is 2.17. The predicted octanol–water partition coefficient (Wildman–Crippen LogP) is 1.96. The van der Waals surface area contributed by atoms with Gasteiger partial charge in [0.15, 0.2) is 0 Å². The molecule has 0 saturated heterocycles. The summed E-state index contributed by atoms with van der Waals surface area (Å²) < 4.78 is 0. The summed E-state index contributed by atoms with van der Waals surface area (Å²) in [6, 6.07) is 0.866. The van der Waals surface area contributed by atoms with Crippen LogP contribution in [0.4, 0.5) is 0 Å². The molecular weight excluding hydrogens is 316 g/mol. The number of nitrogens with one attached hydrogen (secondary N) is 2. The number of hydrogen-bond acceptors (Lipinski definition) is 4. The number of aliphatic carboxylic acids is 1. The van der Waals surface area contributed by atoms with Crippen LogP contribution in [0.15, 0.2) is 6.07 Å². The minimum absolute atomic E-state index is 0.146. The fraction of sp³-hybridized carbons (Fsp3) is 0.562. The maximum atomic E-state index is 12.0. The van der Waals surface area contributed by atoms with E-state index in [1.165, 1.54) is 11.3 Å². The largest absolute Gasteiger partial charge is 0.480 e. The lowest BCUT2D eigenvalue weighted by molar-refractivity contribution is -0.142. The van der Waals surface area contributed by atoms with Gasteiger partial charge in [-0.2, -0.15) is 0 Å². The molecule has 0 spiro atoms. The summed E-state index contributed by atoms with van der Waals surface area (Å²) in [5.41, 5.74) is 1.06. The van der Waals surface area contributed by atoms with Crippen molar-refractivity contribution in [3.8, 4) is 0 Å². The van der Waals surface area contributed by atoms with Gasteiger partial charge in [-0.05, 0) is 37.3 Å². The summed E-state index contributed by atoms with van der Waals surface area (Å²) >= 11 is 1.41. The molecule has 0 fully saturated rings. The maximum Gasteiger partial charge on any atom is 0.326 e. The molecule has 1 heterocycles. The molecule has 0 aliphatic heterocycles. The van der Waals surface area contributed by atoms with Crippen LogP contribution in [-0.2, 0) is 16.0 Å². The van der Waals surface area contributed by atoms with Gasteiger partial charge in [-0.3, -0.25) is 9.59 Å². The third-order valence-corrected chi connectivity index (χ3v) is 4.70. The van der Waals surface area contributed by atoms with Gasteiger partial charge in [-0.1, -0.05) is 20.8 Å². The molecule has 2 amide bonds. The number of carboxylic acids is 1. The van der Waals surface area contributed by atoms with Crippen molar-refractivity contribution in [3.05, 3.63) is 21.4 Å². The van der Waals surface area contributed by atoms with E-state index in [1.807, 2.05) is 27.7 Å². The Morgan fingerprint density at radius 2 is 1.96 bits per heavy atom. The van der Waals surface area contributed by atoms with Crippen LogP contribution in [0.2, 0.25) is 0 Å². The normalized spacial score (nSPS) is 12.0. The molecular formula is C16H24N2O4S. The van der Waals surface area contributed by atoms with E-state index >= 15 is 0 Å². The number of thiophene rings is 1. The molecule has 0 radical (unpaired) electrons. The fourth-order valence-corrected chi connectivity index (χ4v) is 3.20. The zero-order valence-corrected chi connectivity index (χ0v) is 14.8. The zero-order valence-electron chi connectivity index (χ0n) is 13.9. The predicted molar refractivity (Wildman–Crippen MR) is 89.8 cm³/mol. The summed E-state index contributed by atoms with van der Waals surface area (Å²) in [7, 11) is 0. The Morgan fingerprint density at radius 1 is 1.30 bits per heavy atom. The van der Waals surface area contributed by atoms with Crippen LogP contribution in [0.1, 0.15) is 47.3 Å². The minimum atomic E-state index is -1.07. The lowest BCUT2D eigenvalue weighted by Crippen LogP contribution is -2.46. The van der Waals surface area contributed by atoms with Crippen LogP contribution < -0.4 is 10.6 Å². The Labute approximate surface area is 140 Å². The highest BCUT2D eigenvalue weighted by Gasteiger charge is 2.21. The van der Waals surface area contributed by atoms with E-state index in [1.54, 1.807) is 6.07 Å². The van der Waals surface area contributed by atoms with Crippen molar-refractivity contribution >= 4 is 29.1 Å². The number of amides is 2. The molecule has 0 saturated carbocycles. The average Bonchev–Trinajstić information content (AvgIpc) is 2.84. The Bertz CT molecular complexity index is 581. The van der Waals surface area contributed by atoms with Gasteiger partial charge in [0.25, 0.3) is 5.91 Å². The topological polar surface area (TPSA) is 95.5 Å². The monoisotopic (exact) mass is 340 g/mol. The molecule has 1 aromatic heterocycles. The Balaban J connectivity index is 2.54. The number of hydrogen-bond donors (Lipinski definition) is 3. The van der Waals surface area contributed by atoms with Crippen LogP contribution in [-0.4, -0.2) is 35.5 Å². The molecule has 1 atom stereocenters. The van der Waals surface area contributed by atoms with Crippen molar-refractivity contribution < 1.29 is 19.5 Å². The van der Waals surface area contributed by atoms with Gasteiger partial charge in [0.1, 0.15) is 6.04 Å². The van der Waals surface area contributed by atoms with Gasteiger partial charge in [-0.15, -0.1) is 11.3 Å². The number of rotatable bonds is 8. The van der Waals surface area contributed by atoms with Gasteiger partial charge in [0.05, 0.1) is 11.4 Å². The Kier molecular flexibility index (Phi) is 7.22. The minimum Gasteiger partial charge on any atom is -0.480 e. The third-order valence-electron chi connectivity index (χ3n) is 3.32. The van der Waals surface area contributed by atoms with E-state index in [2.05, 4.69) is 10.6 Å². The van der Waals surface area contributed by atoms with E-state index in [-0.39, 0.29) is 18.4 Å². The smallest absolute Gasteiger partial charge is 0.326 e. The molecule has 0 unspecified atom stereocenters. The average molecular weight is 340 g/mol. The summed E-state index contributed by atoms with van der Waals surface area (Å²) in [6.45, 7) is 7.50. The van der Waals surface area contributed by atoms with Gasteiger partial charge < -0.3 is 15.7 Å². The SMILES string of the molecule is CCc1sc(C(=O)NCC(=O)N[C@@H](CC(C)C)C(=O)O)cc1C. The van der Waals surface area contributed by atoms with Crippen molar-refractivity contribution in [2.45, 2.75) is 46.6 Å². The number of carboxylic acid groups (broad SMARTS) is 1. The summed E-state index contributed by atoms with van der Waals surface area (Å²) in [6.07, 6.45) is 1.21. The number of carbonyl (C=O) groups excluding carboxylic acids is 2. The summed E-state index contributed by atoms with van der Waals surface area (Å²) in [4.78, 5) is 36.7. The van der Waals surface area contributed by atoms with Crippen LogP contribution in [0.25, 0.3) is 0 Å². The van der Waals surface area contributed by atoms with Crippen LogP contribution in [0, 0.1) is 12.8 Å². The highest BCUT2D eigenvalue weighted by atomic mass is 32.1. The lowest BCUT2D eigenvalue weighted by atomic mass is 10.0. The second kappa shape index (κ2) is 8.67. The molecule has 23 heavy (non-hydrogen) atoms. The third kappa shape index (κ3) is 6.02. The first-order chi connectivity index (χ1) is 10.7. The van der Waals surface area contributed by atoms with E-state index in [4.69, 9.17) is 5.11 Å². The van der Waals surface area contributed by atoms with Crippen LogP contribution in [0.3, 0.4) is 0 Å². The van der Waals surface area contributed by atoms with Gasteiger partial charge in [0, 0.05) is 4.88 Å². The molecule has 6 nitrogen and oxygen atoms in total. The molecule has 1 aromatic rings. The molecule has 3 N–H and O–H groups in total. The van der Waals surface area contributed by atoms with Crippen LogP contribution >= 0.6 is 11.3 Å². The Morgan fingerprint density at radius 3 is 2.43 bits per heavy atom. The van der Waals surface area contributed by atoms with E-state index in [0.717, 1.165) is 16.9 Å². The van der Waals surface area contributed by atoms with Crippen molar-refractivity contribution in [1.29, 1.82) is 0 Å². The first-order valence-electron chi connectivity index (χ1n) is 7.64. The van der Waals surface area contributed by atoms with Crippen LogP contribution in [0.5, 0.6) is 0 Å². The summed E-state index contributed by atoms with van der Waals surface area (Å²) in [5, 5.41) is 14.0. The molecule has 0 aliphatic carbocycles. The van der Waals surface area contributed by atoms with Gasteiger partial charge in [0.2, 0.25) is 5.91 Å². The van der Waals surface area contributed by atoms with Gasteiger partial charge in [-0.25, -0.2) is 4.79 Å². The molecule has 1 rings (SSSR count). The number of aryl methyl sites for hydroxylation is 2. The van der Waals surface area contributed by atoms with Crippen molar-refractivity contribution in [3.63, 3.8) is 0 Å². The first-order valence-corrected chi connectivity index (χ1v) is 8.45. The van der Waals surface area contributed by atoms with Crippen molar-refractivity contribution in [2.24, 2.45) is 5.92 Å². The lowest BCUT2D eigenvalue weighted by Gasteiger charge is -2.16. The second-order valence-corrected chi connectivity index (χ2v) is 6.98. The van der Waals surface area contributed by atoms with Gasteiger partial charge >= 0.3 is 5.97 Å². The Hall–Kier alpha value is -1.89. The maximum absolute atomic E-state index is 12.0. The van der Waals surface area contributed by atoms with E-state index in [0.29, 0.717) is 11.3 Å². The standard InChI is InChI=1S/C16H24N2O4S/c1-5-12-10(4)7-13(23-12)15(20)17-8-14(19)18-11(16(21)22)6-9(2)3/h7,9,11H,5-6,8H2,1-4H3,(H,17,20)(H,18,19)(H,21,22)/t11-/m0/s1. The molecule has 0 aliphatic rings. The molecule has 7 heteroatoms. The van der Waals surface area contributed by atoms with E-state index < -0.39 is 17.9 Å². The zero-order chi connectivity index (χ0) is 17.6. The molecule has 0 bridgehead atoms. The van der Waals surface area contributed by atoms with Crippen molar-refractivity contribution in [2.75, 3.05) is 6.54 Å².